The first-order valence-electron chi connectivity index (χ1n) is 10.5. The lowest BCUT2D eigenvalue weighted by atomic mass is 9.92. The fourth-order valence-corrected chi connectivity index (χ4v) is 3.91. The van der Waals surface area contributed by atoms with Crippen LogP contribution in [0, 0.1) is 18.3 Å². The topological polar surface area (TPSA) is 126 Å². The summed E-state index contributed by atoms with van der Waals surface area (Å²) in [6, 6.07) is 10.4. The highest BCUT2D eigenvalue weighted by molar-refractivity contribution is 7.14. The monoisotopic (exact) mass is 465 g/mol. The average Bonchev–Trinajstić information content (AvgIpc) is 3.37. The van der Waals surface area contributed by atoms with Gasteiger partial charge in [0.25, 0.3) is 5.91 Å². The van der Waals surface area contributed by atoms with E-state index in [-0.39, 0.29) is 18.4 Å². The predicted molar refractivity (Wildman–Crippen MR) is 126 cm³/mol. The molecule has 0 fully saturated rings. The van der Waals surface area contributed by atoms with E-state index < -0.39 is 17.9 Å². The van der Waals surface area contributed by atoms with Crippen molar-refractivity contribution in [2.45, 2.75) is 45.6 Å². The van der Waals surface area contributed by atoms with Crippen molar-refractivity contribution in [3.63, 3.8) is 0 Å². The summed E-state index contributed by atoms with van der Waals surface area (Å²) in [6.45, 7) is 7.79. The summed E-state index contributed by atoms with van der Waals surface area (Å²) in [4.78, 5) is 25.8. The van der Waals surface area contributed by atoms with Crippen LogP contribution in [-0.2, 0) is 23.7 Å². The second kappa shape index (κ2) is 9.92. The number of hydrogen-bond donors (Lipinski definition) is 2. The van der Waals surface area contributed by atoms with E-state index in [1.54, 1.807) is 13.1 Å². The van der Waals surface area contributed by atoms with Gasteiger partial charge in [0.15, 0.2) is 0 Å². The molecular formula is C23H27N7O2S. The lowest BCUT2D eigenvalue weighted by Crippen LogP contribution is -2.48. The molecule has 33 heavy (non-hydrogen) atoms. The van der Waals surface area contributed by atoms with Gasteiger partial charge < -0.3 is 10.6 Å². The van der Waals surface area contributed by atoms with Gasteiger partial charge in [-0.05, 0) is 24.6 Å². The highest BCUT2D eigenvalue weighted by Gasteiger charge is 2.26. The van der Waals surface area contributed by atoms with E-state index in [4.69, 9.17) is 5.26 Å². The number of hydrogen-bond acceptors (Lipinski definition) is 7. The van der Waals surface area contributed by atoms with Gasteiger partial charge in [-0.15, -0.1) is 10.2 Å². The Morgan fingerprint density at radius 1 is 1.24 bits per heavy atom. The first-order valence-corrected chi connectivity index (χ1v) is 11.3. The molecule has 3 rings (SSSR count). The maximum Gasteiger partial charge on any atom is 0.270 e. The van der Waals surface area contributed by atoms with Crippen LogP contribution in [0.3, 0.4) is 0 Å². The number of carbonyl (C=O) groups excluding carboxylic acids is 2. The third kappa shape index (κ3) is 6.02. The van der Waals surface area contributed by atoms with Crippen LogP contribution in [0.25, 0.3) is 10.6 Å². The van der Waals surface area contributed by atoms with Crippen LogP contribution in [0.4, 0.5) is 0 Å². The largest absolute Gasteiger partial charge is 0.341 e. The molecule has 0 saturated heterocycles. The minimum absolute atomic E-state index is 0.144. The van der Waals surface area contributed by atoms with Gasteiger partial charge in [-0.1, -0.05) is 50.3 Å². The van der Waals surface area contributed by atoms with Crippen molar-refractivity contribution < 1.29 is 9.59 Å². The maximum atomic E-state index is 13.0. The quantitative estimate of drug-likeness (QED) is 0.517. The second-order valence-corrected chi connectivity index (χ2v) is 9.90. The first kappa shape index (κ1) is 24.1. The summed E-state index contributed by atoms with van der Waals surface area (Å²) in [5.74, 6) is -0.839. The Kier molecular flexibility index (Phi) is 7.23. The number of nitrogens with one attached hydrogen (secondary N) is 2. The molecule has 2 aromatic heterocycles. The van der Waals surface area contributed by atoms with Gasteiger partial charge in [-0.3, -0.25) is 14.3 Å². The fraction of sp³-hybridized carbons (Fsp3) is 0.391. The lowest BCUT2D eigenvalue weighted by molar-refractivity contribution is -0.122. The van der Waals surface area contributed by atoms with Crippen molar-refractivity contribution in [3.05, 3.63) is 52.3 Å². The Bertz CT molecular complexity index is 1200. The van der Waals surface area contributed by atoms with Crippen molar-refractivity contribution in [2.75, 3.05) is 6.54 Å². The molecular weight excluding hydrogens is 438 g/mol. The van der Waals surface area contributed by atoms with Crippen LogP contribution in [0.2, 0.25) is 0 Å². The third-order valence-corrected chi connectivity index (χ3v) is 5.87. The van der Waals surface area contributed by atoms with E-state index in [0.29, 0.717) is 5.69 Å². The molecule has 0 saturated carbocycles. The van der Waals surface area contributed by atoms with Crippen LogP contribution >= 0.6 is 11.3 Å². The molecule has 2 amide bonds. The third-order valence-electron chi connectivity index (χ3n) is 4.98. The molecule has 0 aliphatic rings. The zero-order valence-electron chi connectivity index (χ0n) is 19.3. The summed E-state index contributed by atoms with van der Waals surface area (Å²) < 4.78 is 1.51. The van der Waals surface area contributed by atoms with Crippen molar-refractivity contribution in [1.82, 2.24) is 30.6 Å². The molecule has 1 aromatic carbocycles. The molecule has 9 nitrogen and oxygen atoms in total. The molecule has 0 unspecified atom stereocenters. The molecule has 172 valence electrons. The summed E-state index contributed by atoms with van der Waals surface area (Å²) in [6.07, 6.45) is 0.249. The van der Waals surface area contributed by atoms with Crippen LogP contribution in [0.15, 0.2) is 30.3 Å². The highest BCUT2D eigenvalue weighted by atomic mass is 32.1. The summed E-state index contributed by atoms with van der Waals surface area (Å²) in [5, 5.41) is 28.5. The maximum absolute atomic E-state index is 13.0. The SMILES string of the molecule is Cc1nnc(-c2cccc(C[C@H](NC(=O)c3cc(C(C)(C)C)nn3C)C(=O)NCC#N)c2)s1. The Balaban J connectivity index is 1.84. The van der Waals surface area contributed by atoms with Crippen molar-refractivity contribution in [2.24, 2.45) is 7.05 Å². The summed E-state index contributed by atoms with van der Waals surface area (Å²) >= 11 is 1.48. The normalized spacial score (nSPS) is 12.1. The van der Waals surface area contributed by atoms with Crippen LogP contribution in [-0.4, -0.2) is 44.4 Å². The Morgan fingerprint density at radius 3 is 2.61 bits per heavy atom. The standard InChI is InChI=1S/C23H27N7O2S/c1-14-27-28-22(33-14)16-8-6-7-15(11-16)12-17(20(31)25-10-9-24)26-21(32)18-13-19(23(2,3)4)29-30(18)5/h6-8,11,13,17H,10,12H2,1-5H3,(H,25,31)(H,26,32)/t17-/m0/s1. The predicted octanol–water partition coefficient (Wildman–Crippen LogP) is 2.53. The zero-order valence-corrected chi connectivity index (χ0v) is 20.2. The van der Waals surface area contributed by atoms with E-state index in [1.807, 2.05) is 58.0 Å². The molecule has 0 radical (unpaired) electrons. The number of rotatable bonds is 7. The van der Waals surface area contributed by atoms with Gasteiger partial charge >= 0.3 is 0 Å². The molecule has 0 spiro atoms. The summed E-state index contributed by atoms with van der Waals surface area (Å²) in [7, 11) is 1.70. The van der Waals surface area contributed by atoms with E-state index >= 15 is 0 Å². The fourth-order valence-electron chi connectivity index (χ4n) is 3.22. The van der Waals surface area contributed by atoms with Crippen molar-refractivity contribution in [1.29, 1.82) is 5.26 Å². The number of carbonyl (C=O) groups is 2. The molecule has 1 atom stereocenters. The van der Waals surface area contributed by atoms with Gasteiger partial charge in [-0.25, -0.2) is 0 Å². The van der Waals surface area contributed by atoms with E-state index in [0.717, 1.165) is 26.8 Å². The number of amides is 2. The molecule has 2 N–H and O–H groups in total. The Morgan fingerprint density at radius 2 is 2.00 bits per heavy atom. The van der Waals surface area contributed by atoms with Crippen LogP contribution < -0.4 is 10.6 Å². The lowest BCUT2D eigenvalue weighted by Gasteiger charge is -2.18. The van der Waals surface area contributed by atoms with E-state index in [1.165, 1.54) is 16.0 Å². The number of aromatic nitrogens is 4. The first-order chi connectivity index (χ1) is 15.6. The summed E-state index contributed by atoms with van der Waals surface area (Å²) in [5.41, 5.74) is 2.65. The van der Waals surface area contributed by atoms with Crippen molar-refractivity contribution >= 4 is 23.2 Å². The molecule has 0 bridgehead atoms. The minimum atomic E-state index is -0.870. The van der Waals surface area contributed by atoms with Gasteiger partial charge in [0, 0.05) is 24.4 Å². The Hall–Kier alpha value is -3.58. The number of nitriles is 1. The van der Waals surface area contributed by atoms with Crippen molar-refractivity contribution in [3.8, 4) is 16.6 Å². The number of aryl methyl sites for hydroxylation is 2. The smallest absolute Gasteiger partial charge is 0.270 e. The number of benzene rings is 1. The van der Waals surface area contributed by atoms with E-state index in [9.17, 15) is 9.59 Å². The van der Waals surface area contributed by atoms with E-state index in [2.05, 4.69) is 25.9 Å². The minimum Gasteiger partial charge on any atom is -0.341 e. The highest BCUT2D eigenvalue weighted by Crippen LogP contribution is 2.24. The molecule has 10 heteroatoms. The van der Waals surface area contributed by atoms with Gasteiger partial charge in [0.2, 0.25) is 5.91 Å². The Labute approximate surface area is 196 Å². The second-order valence-electron chi connectivity index (χ2n) is 8.72. The van der Waals surface area contributed by atoms with Crippen LogP contribution in [0.1, 0.15) is 47.5 Å². The molecule has 0 aliphatic carbocycles. The zero-order chi connectivity index (χ0) is 24.2. The van der Waals surface area contributed by atoms with Gasteiger partial charge in [0.05, 0.1) is 11.8 Å². The van der Waals surface area contributed by atoms with Gasteiger partial charge in [0.1, 0.15) is 28.3 Å². The number of nitrogens with zero attached hydrogens (tertiary/aromatic N) is 5. The molecule has 0 aliphatic heterocycles. The molecule has 3 aromatic rings. The average molecular weight is 466 g/mol. The van der Waals surface area contributed by atoms with Gasteiger partial charge in [-0.2, -0.15) is 10.4 Å². The van der Waals surface area contributed by atoms with Crippen LogP contribution in [0.5, 0.6) is 0 Å². The molecule has 2 heterocycles.